The zero-order valence-corrected chi connectivity index (χ0v) is 7.47. The SMILES string of the molecule is ClCC(CCl)N=C(Cl)Cl. The second-order valence-electron chi connectivity index (χ2n) is 1.33. The molecule has 0 rings (SSSR count). The van der Waals surface area contributed by atoms with Crippen molar-refractivity contribution < 1.29 is 0 Å². The van der Waals surface area contributed by atoms with Gasteiger partial charge in [0.25, 0.3) is 0 Å². The van der Waals surface area contributed by atoms with Gasteiger partial charge in [0.2, 0.25) is 0 Å². The maximum atomic E-state index is 5.40. The van der Waals surface area contributed by atoms with Crippen LogP contribution in [0.15, 0.2) is 4.99 Å². The van der Waals surface area contributed by atoms with E-state index in [1.807, 2.05) is 0 Å². The molecule has 9 heavy (non-hydrogen) atoms. The molecule has 0 radical (unpaired) electrons. The summed E-state index contributed by atoms with van der Waals surface area (Å²) in [6.45, 7) is 0. The van der Waals surface area contributed by atoms with Gasteiger partial charge in [0.15, 0.2) is 4.63 Å². The van der Waals surface area contributed by atoms with E-state index in [1.165, 1.54) is 0 Å². The Bertz CT molecular complexity index is 94.7. The molecule has 0 aromatic rings. The molecule has 0 aliphatic rings. The number of aliphatic imine (C=N–C) groups is 1. The van der Waals surface area contributed by atoms with E-state index in [4.69, 9.17) is 46.4 Å². The monoisotopic (exact) mass is 207 g/mol. The van der Waals surface area contributed by atoms with Crippen LogP contribution in [0, 0.1) is 0 Å². The van der Waals surface area contributed by atoms with Crippen molar-refractivity contribution in [3.05, 3.63) is 0 Å². The van der Waals surface area contributed by atoms with Gasteiger partial charge in [-0.15, -0.1) is 23.2 Å². The molecule has 0 aliphatic heterocycles. The molecular formula is C4H5Cl4N. The number of halogens is 4. The molecule has 0 aromatic heterocycles. The van der Waals surface area contributed by atoms with Gasteiger partial charge in [-0.1, -0.05) is 0 Å². The molecule has 54 valence electrons. The van der Waals surface area contributed by atoms with Crippen molar-refractivity contribution >= 4 is 51.0 Å². The van der Waals surface area contributed by atoms with Crippen molar-refractivity contribution in [1.29, 1.82) is 0 Å². The van der Waals surface area contributed by atoms with Gasteiger partial charge in [-0.3, -0.25) is 4.99 Å². The maximum Gasteiger partial charge on any atom is 0.192 e. The van der Waals surface area contributed by atoms with Crippen molar-refractivity contribution in [3.8, 4) is 0 Å². The summed E-state index contributed by atoms with van der Waals surface area (Å²) >= 11 is 21.3. The van der Waals surface area contributed by atoms with Crippen molar-refractivity contribution in [3.63, 3.8) is 0 Å². The highest BCUT2D eigenvalue weighted by Crippen LogP contribution is 2.02. The summed E-state index contributed by atoms with van der Waals surface area (Å²) in [5, 5.41) is 0. The highest BCUT2D eigenvalue weighted by molar-refractivity contribution is 6.95. The van der Waals surface area contributed by atoms with E-state index in [0.717, 1.165) is 0 Å². The van der Waals surface area contributed by atoms with Crippen LogP contribution < -0.4 is 0 Å². The van der Waals surface area contributed by atoms with Crippen LogP contribution in [0.25, 0.3) is 0 Å². The molecule has 0 heterocycles. The molecule has 0 N–H and O–H groups in total. The number of hydrogen-bond donors (Lipinski definition) is 0. The molecule has 0 aromatic carbocycles. The maximum absolute atomic E-state index is 5.40. The number of alkyl halides is 2. The molecule has 1 nitrogen and oxygen atoms in total. The van der Waals surface area contributed by atoms with Gasteiger partial charge in [-0.25, -0.2) is 0 Å². The van der Waals surface area contributed by atoms with Crippen LogP contribution in [-0.2, 0) is 0 Å². The predicted molar refractivity (Wildman–Crippen MR) is 44.4 cm³/mol. The lowest BCUT2D eigenvalue weighted by molar-refractivity contribution is 0.858. The minimum Gasteiger partial charge on any atom is -0.257 e. The van der Waals surface area contributed by atoms with Crippen molar-refractivity contribution in [2.45, 2.75) is 6.04 Å². The van der Waals surface area contributed by atoms with E-state index < -0.39 is 0 Å². The molecule has 0 bridgehead atoms. The van der Waals surface area contributed by atoms with Gasteiger partial charge in [-0.05, 0) is 23.2 Å². The van der Waals surface area contributed by atoms with E-state index in [2.05, 4.69) is 4.99 Å². The van der Waals surface area contributed by atoms with Crippen molar-refractivity contribution in [2.75, 3.05) is 11.8 Å². The van der Waals surface area contributed by atoms with Gasteiger partial charge in [0.05, 0.1) is 6.04 Å². The lowest BCUT2D eigenvalue weighted by Crippen LogP contribution is -2.08. The molecule has 5 heteroatoms. The van der Waals surface area contributed by atoms with Crippen molar-refractivity contribution in [2.24, 2.45) is 4.99 Å². The fourth-order valence-corrected chi connectivity index (χ4v) is 0.992. The number of rotatable bonds is 3. The Morgan fingerprint density at radius 2 is 1.67 bits per heavy atom. The van der Waals surface area contributed by atoms with Gasteiger partial charge < -0.3 is 0 Å². The molecule has 0 atom stereocenters. The van der Waals surface area contributed by atoms with Crippen LogP contribution in [-0.4, -0.2) is 22.4 Å². The quantitative estimate of drug-likeness (QED) is 0.500. The highest BCUT2D eigenvalue weighted by Gasteiger charge is 2.02. The second kappa shape index (κ2) is 5.60. The van der Waals surface area contributed by atoms with Gasteiger partial charge in [-0.2, -0.15) is 0 Å². The average Bonchev–Trinajstić information content (AvgIpc) is 1.82. The van der Waals surface area contributed by atoms with E-state index in [-0.39, 0.29) is 10.7 Å². The van der Waals surface area contributed by atoms with E-state index in [9.17, 15) is 0 Å². The highest BCUT2D eigenvalue weighted by atomic mass is 35.5. The molecule has 0 saturated carbocycles. The van der Waals surface area contributed by atoms with Crippen molar-refractivity contribution in [1.82, 2.24) is 0 Å². The van der Waals surface area contributed by atoms with Crippen LogP contribution in [0.4, 0.5) is 0 Å². The van der Waals surface area contributed by atoms with Crippen LogP contribution in [0.3, 0.4) is 0 Å². The summed E-state index contributed by atoms with van der Waals surface area (Å²) in [6.07, 6.45) is 0. The first-order valence-corrected chi connectivity index (χ1v) is 4.04. The largest absolute Gasteiger partial charge is 0.257 e. The van der Waals surface area contributed by atoms with E-state index in [1.54, 1.807) is 0 Å². The Labute approximate surface area is 73.9 Å². The van der Waals surface area contributed by atoms with Crippen LogP contribution in [0.1, 0.15) is 0 Å². The minimum absolute atomic E-state index is 0.0266. The molecule has 0 spiro atoms. The standard InChI is InChI=1S/C4H5Cl4N/c5-1-3(2-6)9-4(7)8/h3H,1-2H2. The molecule has 0 unspecified atom stereocenters. The summed E-state index contributed by atoms with van der Waals surface area (Å²) < 4.78 is -0.0266. The van der Waals surface area contributed by atoms with E-state index in [0.29, 0.717) is 11.8 Å². The summed E-state index contributed by atoms with van der Waals surface area (Å²) in [5.41, 5.74) is 0. The third kappa shape index (κ3) is 5.28. The first-order valence-electron chi connectivity index (χ1n) is 2.21. The third-order valence-corrected chi connectivity index (χ3v) is 1.54. The number of nitrogens with zero attached hydrogens (tertiary/aromatic N) is 1. The Morgan fingerprint density at radius 3 is 1.78 bits per heavy atom. The van der Waals surface area contributed by atoms with E-state index >= 15 is 0 Å². The zero-order valence-electron chi connectivity index (χ0n) is 4.45. The fourth-order valence-electron chi connectivity index (χ4n) is 0.248. The molecule has 0 saturated heterocycles. The summed E-state index contributed by atoms with van der Waals surface area (Å²) in [6, 6.07) is -0.168. The zero-order chi connectivity index (χ0) is 7.28. The Morgan fingerprint density at radius 1 is 1.22 bits per heavy atom. The normalized spacial score (nSPS) is 9.89. The Balaban J connectivity index is 3.68. The summed E-state index contributed by atoms with van der Waals surface area (Å²) in [5.74, 6) is 0.679. The summed E-state index contributed by atoms with van der Waals surface area (Å²) in [4.78, 5) is 3.70. The fraction of sp³-hybridized carbons (Fsp3) is 0.750. The second-order valence-corrected chi connectivity index (χ2v) is 2.86. The van der Waals surface area contributed by atoms with Gasteiger partial charge in [0, 0.05) is 11.8 Å². The van der Waals surface area contributed by atoms with Crippen LogP contribution in [0.2, 0.25) is 0 Å². The summed E-state index contributed by atoms with van der Waals surface area (Å²) in [7, 11) is 0. The molecule has 0 fully saturated rings. The average molecular weight is 209 g/mol. The third-order valence-electron chi connectivity index (χ3n) is 0.636. The van der Waals surface area contributed by atoms with Crippen LogP contribution in [0.5, 0.6) is 0 Å². The van der Waals surface area contributed by atoms with Crippen LogP contribution >= 0.6 is 46.4 Å². The van der Waals surface area contributed by atoms with Gasteiger partial charge >= 0.3 is 0 Å². The smallest absolute Gasteiger partial charge is 0.192 e. The first-order chi connectivity index (χ1) is 4.20. The molecular weight excluding hydrogens is 204 g/mol. The minimum atomic E-state index is -0.168. The Hall–Kier alpha value is 0.830. The predicted octanol–water partition coefficient (Wildman–Crippen LogP) is 2.67. The number of hydrogen-bond acceptors (Lipinski definition) is 1. The lowest BCUT2D eigenvalue weighted by Gasteiger charge is -2.00. The Kier molecular flexibility index (Phi) is 6.12. The first kappa shape index (κ1) is 9.83. The molecule has 0 amide bonds. The lowest BCUT2D eigenvalue weighted by atomic mass is 10.4. The molecule has 0 aliphatic carbocycles. The van der Waals surface area contributed by atoms with Gasteiger partial charge in [0.1, 0.15) is 0 Å². The topological polar surface area (TPSA) is 12.4 Å².